The maximum absolute atomic E-state index is 6.27. The molecule has 0 amide bonds. The first-order chi connectivity index (χ1) is 16.1. The number of nitrogens with zero attached hydrogens (tertiary/aromatic N) is 4. The highest BCUT2D eigenvalue weighted by Gasteiger charge is 2.32. The van der Waals surface area contributed by atoms with Crippen molar-refractivity contribution in [2.24, 2.45) is 16.1 Å². The predicted octanol–water partition coefficient (Wildman–Crippen LogP) is 6.50. The maximum atomic E-state index is 6.27. The van der Waals surface area contributed by atoms with Crippen molar-refractivity contribution in [1.29, 1.82) is 0 Å². The van der Waals surface area contributed by atoms with E-state index in [4.69, 9.17) is 11.6 Å². The summed E-state index contributed by atoms with van der Waals surface area (Å²) in [5.41, 5.74) is 6.41. The van der Waals surface area contributed by atoms with Gasteiger partial charge in [0.25, 0.3) is 0 Å². The molecular formula is C27H32ClN5. The number of halogens is 1. The summed E-state index contributed by atoms with van der Waals surface area (Å²) in [6, 6.07) is 10.5. The van der Waals surface area contributed by atoms with Gasteiger partial charge in [-0.15, -0.1) is 0 Å². The molecule has 0 bridgehead atoms. The van der Waals surface area contributed by atoms with Gasteiger partial charge in [-0.05, 0) is 99.8 Å². The minimum atomic E-state index is 0.396. The molecule has 0 radical (unpaired) electrons. The fourth-order valence-electron chi connectivity index (χ4n) is 5.58. The number of hydrogen-bond donors (Lipinski definition) is 1. The van der Waals surface area contributed by atoms with E-state index in [1.165, 1.54) is 22.2 Å². The zero-order chi connectivity index (χ0) is 22.8. The van der Waals surface area contributed by atoms with Crippen molar-refractivity contribution in [3.05, 3.63) is 59.0 Å². The summed E-state index contributed by atoms with van der Waals surface area (Å²) in [7, 11) is 0. The number of rotatable bonds is 3. The number of fused-ring (bicyclic) bond motifs is 1. The Hall–Kier alpha value is -2.50. The smallest absolute Gasteiger partial charge is 0.0718 e. The van der Waals surface area contributed by atoms with E-state index in [0.717, 1.165) is 61.6 Å². The molecule has 2 unspecified atom stereocenters. The van der Waals surface area contributed by atoms with E-state index in [1.54, 1.807) is 0 Å². The van der Waals surface area contributed by atoms with E-state index in [2.05, 4.69) is 57.1 Å². The number of aromatic nitrogens is 2. The molecule has 4 heterocycles. The summed E-state index contributed by atoms with van der Waals surface area (Å²) >= 11 is 6.27. The van der Waals surface area contributed by atoms with E-state index >= 15 is 0 Å². The molecule has 0 spiro atoms. The molecule has 172 valence electrons. The molecule has 1 aromatic carbocycles. The van der Waals surface area contributed by atoms with Gasteiger partial charge in [0.15, 0.2) is 0 Å². The Labute approximate surface area is 201 Å². The molecule has 1 fully saturated rings. The third-order valence-corrected chi connectivity index (χ3v) is 7.57. The van der Waals surface area contributed by atoms with Crippen molar-refractivity contribution in [2.75, 3.05) is 13.1 Å². The predicted molar refractivity (Wildman–Crippen MR) is 138 cm³/mol. The number of hydrogen-bond acceptors (Lipinski definition) is 4. The molecule has 5 rings (SSSR count). The third kappa shape index (κ3) is 4.49. The van der Waals surface area contributed by atoms with Crippen molar-refractivity contribution >= 4 is 34.4 Å². The summed E-state index contributed by atoms with van der Waals surface area (Å²) in [4.78, 5) is 4.54. The molecule has 0 aliphatic carbocycles. The first-order valence-electron chi connectivity index (χ1n) is 12.1. The molecule has 1 saturated heterocycles. The van der Waals surface area contributed by atoms with Crippen LogP contribution in [0.4, 0.5) is 0 Å². The lowest BCUT2D eigenvalue weighted by molar-refractivity contribution is 0.422. The fraction of sp³-hybridized carbons (Fsp3) is 0.444. The average Bonchev–Trinajstić information content (AvgIpc) is 3.20. The molecule has 2 aliphatic rings. The van der Waals surface area contributed by atoms with Crippen LogP contribution in [0, 0.1) is 5.92 Å². The second-order valence-electron chi connectivity index (χ2n) is 9.52. The largest absolute Gasteiger partial charge is 0.317 e. The zero-order valence-corrected chi connectivity index (χ0v) is 20.2. The minimum absolute atomic E-state index is 0.396. The van der Waals surface area contributed by atoms with E-state index in [9.17, 15) is 0 Å². The van der Waals surface area contributed by atoms with Crippen molar-refractivity contribution < 1.29 is 0 Å². The van der Waals surface area contributed by atoms with Crippen LogP contribution in [0.3, 0.4) is 0 Å². The standard InChI is InChI=1S/C27H32ClN5/c1-18-9-16-31-32-19(2)3-8-23(18)27-26(20-10-13-29-14-11-20)24-12-15-30-17-25(24)33(27)22-6-4-21(28)5-7-22/h4-7,12,15-18,20,23,29H,3,8-11,13-14H2,1-2H3/b31-16-,32-19?. The normalized spacial score (nSPS) is 23.5. The average molecular weight is 462 g/mol. The number of pyridine rings is 1. The molecule has 33 heavy (non-hydrogen) atoms. The molecule has 3 aromatic rings. The lowest BCUT2D eigenvalue weighted by Crippen LogP contribution is -2.28. The Morgan fingerprint density at radius 2 is 1.85 bits per heavy atom. The van der Waals surface area contributed by atoms with Gasteiger partial charge < -0.3 is 9.88 Å². The first kappa shape index (κ1) is 22.3. The lowest BCUT2D eigenvalue weighted by Gasteiger charge is -2.30. The molecule has 2 atom stereocenters. The van der Waals surface area contributed by atoms with Crippen LogP contribution in [-0.2, 0) is 0 Å². The Morgan fingerprint density at radius 1 is 1.06 bits per heavy atom. The summed E-state index contributed by atoms with van der Waals surface area (Å²) in [6.07, 6.45) is 11.2. The highest BCUT2D eigenvalue weighted by atomic mass is 35.5. The van der Waals surface area contributed by atoms with Gasteiger partial charge in [0.2, 0.25) is 0 Å². The molecule has 2 aromatic heterocycles. The Morgan fingerprint density at radius 3 is 2.64 bits per heavy atom. The van der Waals surface area contributed by atoms with Crippen molar-refractivity contribution in [1.82, 2.24) is 14.9 Å². The van der Waals surface area contributed by atoms with Crippen LogP contribution >= 0.6 is 11.6 Å². The number of benzene rings is 1. The van der Waals surface area contributed by atoms with Gasteiger partial charge in [0.05, 0.1) is 11.7 Å². The quantitative estimate of drug-likeness (QED) is 0.484. The van der Waals surface area contributed by atoms with Gasteiger partial charge in [0, 0.05) is 45.8 Å². The van der Waals surface area contributed by atoms with E-state index < -0.39 is 0 Å². The van der Waals surface area contributed by atoms with Crippen molar-refractivity contribution in [2.45, 2.75) is 57.8 Å². The molecule has 1 N–H and O–H groups in total. The fourth-order valence-corrected chi connectivity index (χ4v) is 5.70. The van der Waals surface area contributed by atoms with Crippen LogP contribution in [-0.4, -0.2) is 34.6 Å². The number of nitrogens with one attached hydrogen (secondary N) is 1. The molecule has 6 heteroatoms. The van der Waals surface area contributed by atoms with Gasteiger partial charge in [0.1, 0.15) is 0 Å². The van der Waals surface area contributed by atoms with Crippen molar-refractivity contribution in [3.63, 3.8) is 0 Å². The van der Waals surface area contributed by atoms with Gasteiger partial charge in [-0.25, -0.2) is 0 Å². The van der Waals surface area contributed by atoms with Crippen LogP contribution in [0.25, 0.3) is 16.6 Å². The highest BCUT2D eigenvalue weighted by Crippen LogP contribution is 2.45. The second-order valence-corrected chi connectivity index (χ2v) is 9.96. The monoisotopic (exact) mass is 461 g/mol. The summed E-state index contributed by atoms with van der Waals surface area (Å²) in [5.74, 6) is 1.40. The Balaban J connectivity index is 1.77. The minimum Gasteiger partial charge on any atom is -0.317 e. The molecule has 2 aliphatic heterocycles. The topological polar surface area (TPSA) is 54.6 Å². The highest BCUT2D eigenvalue weighted by molar-refractivity contribution is 6.30. The Bertz CT molecular complexity index is 1170. The van der Waals surface area contributed by atoms with Gasteiger partial charge in [-0.3, -0.25) is 4.98 Å². The lowest BCUT2D eigenvalue weighted by atomic mass is 9.78. The molecule has 5 nitrogen and oxygen atoms in total. The SMILES string of the molecule is CC1=N/N=C\CC(C)C(c2c(C3CCNCC3)c3ccncc3n2-c2ccc(Cl)cc2)CC1. The van der Waals surface area contributed by atoms with Crippen molar-refractivity contribution in [3.8, 4) is 5.69 Å². The number of piperidine rings is 1. The van der Waals surface area contributed by atoms with Crippen LogP contribution < -0.4 is 5.32 Å². The second kappa shape index (κ2) is 9.78. The summed E-state index contributed by atoms with van der Waals surface area (Å²) < 4.78 is 2.47. The van der Waals surface area contributed by atoms with Crippen LogP contribution in [0.2, 0.25) is 5.02 Å². The third-order valence-electron chi connectivity index (χ3n) is 7.32. The zero-order valence-electron chi connectivity index (χ0n) is 19.5. The molecular weight excluding hydrogens is 430 g/mol. The summed E-state index contributed by atoms with van der Waals surface area (Å²) in [5, 5.41) is 14.4. The van der Waals surface area contributed by atoms with E-state index in [0.29, 0.717) is 17.8 Å². The Kier molecular flexibility index (Phi) is 6.61. The van der Waals surface area contributed by atoms with Crippen LogP contribution in [0.5, 0.6) is 0 Å². The summed E-state index contributed by atoms with van der Waals surface area (Å²) in [6.45, 7) is 6.60. The van der Waals surface area contributed by atoms with Crippen LogP contribution in [0.15, 0.2) is 52.9 Å². The molecule has 0 saturated carbocycles. The van der Waals surface area contributed by atoms with Gasteiger partial charge in [-0.1, -0.05) is 18.5 Å². The van der Waals surface area contributed by atoms with Crippen LogP contribution in [0.1, 0.15) is 69.0 Å². The first-order valence-corrected chi connectivity index (χ1v) is 12.5. The van der Waals surface area contributed by atoms with E-state index in [1.807, 2.05) is 30.7 Å². The maximum Gasteiger partial charge on any atom is 0.0718 e. The van der Waals surface area contributed by atoms with E-state index in [-0.39, 0.29) is 0 Å². The van der Waals surface area contributed by atoms with Gasteiger partial charge in [-0.2, -0.15) is 10.2 Å². The van der Waals surface area contributed by atoms with Gasteiger partial charge >= 0.3 is 0 Å².